The van der Waals surface area contributed by atoms with E-state index in [9.17, 15) is 9.18 Å². The van der Waals surface area contributed by atoms with Gasteiger partial charge >= 0.3 is 0 Å². The van der Waals surface area contributed by atoms with Crippen molar-refractivity contribution < 1.29 is 18.7 Å². The topological polar surface area (TPSA) is 102 Å². The van der Waals surface area contributed by atoms with Crippen molar-refractivity contribution in [3.63, 3.8) is 0 Å². The molecule has 43 heavy (non-hydrogen) atoms. The fraction of sp³-hybridized carbons (Fsp3) is 0.212. The molecule has 0 saturated carbocycles. The molecule has 0 atom stereocenters. The summed E-state index contributed by atoms with van der Waals surface area (Å²) in [4.78, 5) is 28.6. The van der Waals surface area contributed by atoms with Crippen LogP contribution in [0.5, 0.6) is 11.5 Å². The molecule has 1 aliphatic rings. The maximum absolute atomic E-state index is 14.0. The van der Waals surface area contributed by atoms with Gasteiger partial charge in [-0.2, -0.15) is 0 Å². The van der Waals surface area contributed by atoms with Gasteiger partial charge in [-0.25, -0.2) is 14.4 Å². The first-order valence-corrected chi connectivity index (χ1v) is 14.1. The summed E-state index contributed by atoms with van der Waals surface area (Å²) in [6.07, 6.45) is 4.16. The number of nitrogens with one attached hydrogen (secondary N) is 2. The number of ether oxygens (including phenoxy) is 2. The van der Waals surface area contributed by atoms with E-state index in [-0.39, 0.29) is 5.69 Å². The molecule has 218 valence electrons. The predicted octanol–water partition coefficient (Wildman–Crippen LogP) is 6.14. The van der Waals surface area contributed by atoms with Crippen LogP contribution in [0.2, 0.25) is 0 Å². The number of amides is 1. The third-order valence-electron chi connectivity index (χ3n) is 7.25. The van der Waals surface area contributed by atoms with Crippen LogP contribution in [0.3, 0.4) is 0 Å². The number of rotatable bonds is 9. The Labute approximate surface area is 248 Å². The predicted molar refractivity (Wildman–Crippen MR) is 164 cm³/mol. The lowest BCUT2D eigenvalue weighted by Crippen LogP contribution is -2.37. The summed E-state index contributed by atoms with van der Waals surface area (Å²) in [6.45, 7) is 6.31. The van der Waals surface area contributed by atoms with Gasteiger partial charge in [0, 0.05) is 48.4 Å². The lowest BCUT2D eigenvalue weighted by molar-refractivity contribution is 0.0383. The Kier molecular flexibility index (Phi) is 8.48. The minimum absolute atomic E-state index is 0.120. The quantitative estimate of drug-likeness (QED) is 0.215. The number of pyridine rings is 1. The molecule has 1 amide bonds. The highest BCUT2D eigenvalue weighted by Crippen LogP contribution is 2.30. The van der Waals surface area contributed by atoms with E-state index in [1.807, 2.05) is 25.1 Å². The van der Waals surface area contributed by atoms with Crippen LogP contribution in [0.1, 0.15) is 21.6 Å². The molecule has 5 aromatic rings. The number of carbonyl (C=O) groups is 1. The van der Waals surface area contributed by atoms with E-state index in [4.69, 9.17) is 9.47 Å². The van der Waals surface area contributed by atoms with Crippen molar-refractivity contribution in [2.75, 3.05) is 43.5 Å². The minimum Gasteiger partial charge on any atom is -0.457 e. The number of morpholine rings is 1. The summed E-state index contributed by atoms with van der Waals surface area (Å²) in [6, 6.07) is 20.6. The highest BCUT2D eigenvalue weighted by atomic mass is 19.1. The number of aromatic nitrogens is 3. The first-order valence-electron chi connectivity index (χ1n) is 14.1. The molecule has 0 spiro atoms. The smallest absolute Gasteiger partial charge is 0.255 e. The normalized spacial score (nSPS) is 13.5. The van der Waals surface area contributed by atoms with Gasteiger partial charge in [0.05, 0.1) is 30.6 Å². The number of anilines is 3. The molecule has 0 aliphatic carbocycles. The maximum atomic E-state index is 14.0. The van der Waals surface area contributed by atoms with Crippen LogP contribution >= 0.6 is 0 Å². The average molecular weight is 579 g/mol. The number of hydrogen-bond donors (Lipinski definition) is 2. The van der Waals surface area contributed by atoms with Crippen LogP contribution in [0.25, 0.3) is 10.9 Å². The second-order valence-corrected chi connectivity index (χ2v) is 10.3. The van der Waals surface area contributed by atoms with E-state index in [1.54, 1.807) is 42.6 Å². The molecule has 1 fully saturated rings. The SMILES string of the molecule is Cc1cc(Nc2ncnc3cnc(CCN4CCOCC4)cc23)ccc1Oc1cccc(C(=O)Nc2ccccc2F)c1. The van der Waals surface area contributed by atoms with Gasteiger partial charge in [-0.15, -0.1) is 0 Å². The Balaban J connectivity index is 1.14. The molecule has 0 radical (unpaired) electrons. The third-order valence-corrected chi connectivity index (χ3v) is 7.25. The van der Waals surface area contributed by atoms with Gasteiger partial charge < -0.3 is 20.1 Å². The highest BCUT2D eigenvalue weighted by molar-refractivity contribution is 6.04. The molecule has 0 unspecified atom stereocenters. The van der Waals surface area contributed by atoms with Crippen LogP contribution in [-0.2, 0) is 11.2 Å². The molecule has 1 aliphatic heterocycles. The van der Waals surface area contributed by atoms with E-state index in [1.165, 1.54) is 18.5 Å². The monoisotopic (exact) mass is 578 g/mol. The third kappa shape index (κ3) is 6.94. The lowest BCUT2D eigenvalue weighted by atomic mass is 10.1. The number of hydrogen-bond acceptors (Lipinski definition) is 8. The summed E-state index contributed by atoms with van der Waals surface area (Å²) in [5, 5.41) is 6.92. The van der Waals surface area contributed by atoms with Crippen LogP contribution in [0.15, 0.2) is 85.3 Å². The molecule has 3 aromatic carbocycles. The first kappa shape index (κ1) is 28.2. The van der Waals surface area contributed by atoms with E-state index in [0.29, 0.717) is 22.9 Å². The second-order valence-electron chi connectivity index (χ2n) is 10.3. The van der Waals surface area contributed by atoms with Crippen molar-refractivity contribution in [1.29, 1.82) is 0 Å². The largest absolute Gasteiger partial charge is 0.457 e. The fourth-order valence-corrected chi connectivity index (χ4v) is 4.90. The Hall–Kier alpha value is -4.93. The van der Waals surface area contributed by atoms with Crippen molar-refractivity contribution >= 4 is 34.0 Å². The van der Waals surface area contributed by atoms with Crippen molar-refractivity contribution in [2.45, 2.75) is 13.3 Å². The van der Waals surface area contributed by atoms with Gasteiger partial charge in [-0.05, 0) is 67.1 Å². The van der Waals surface area contributed by atoms with Crippen molar-refractivity contribution in [1.82, 2.24) is 19.9 Å². The Morgan fingerprint density at radius 1 is 1.00 bits per heavy atom. The Morgan fingerprint density at radius 3 is 2.70 bits per heavy atom. The van der Waals surface area contributed by atoms with Gasteiger partial charge in [0.1, 0.15) is 29.5 Å². The highest BCUT2D eigenvalue weighted by Gasteiger charge is 2.14. The minimum atomic E-state index is -0.497. The summed E-state index contributed by atoms with van der Waals surface area (Å²) < 4.78 is 25.5. The fourth-order valence-electron chi connectivity index (χ4n) is 4.90. The summed E-state index contributed by atoms with van der Waals surface area (Å²) >= 11 is 0. The molecule has 10 heteroatoms. The number of carbonyl (C=O) groups excluding carboxylic acids is 1. The van der Waals surface area contributed by atoms with Gasteiger partial charge in [-0.3, -0.25) is 14.7 Å². The van der Waals surface area contributed by atoms with Crippen molar-refractivity contribution in [2.24, 2.45) is 0 Å². The molecule has 3 heterocycles. The molecule has 2 aromatic heterocycles. The molecule has 9 nitrogen and oxygen atoms in total. The van der Waals surface area contributed by atoms with Gasteiger partial charge in [0.2, 0.25) is 0 Å². The number of fused-ring (bicyclic) bond motifs is 1. The van der Waals surface area contributed by atoms with Crippen LogP contribution in [0.4, 0.5) is 21.6 Å². The number of nitrogens with zero attached hydrogens (tertiary/aromatic N) is 4. The van der Waals surface area contributed by atoms with Gasteiger partial charge in [0.25, 0.3) is 5.91 Å². The number of para-hydroxylation sites is 1. The number of halogens is 1. The molecule has 1 saturated heterocycles. The lowest BCUT2D eigenvalue weighted by Gasteiger charge is -2.26. The number of benzene rings is 3. The standard InChI is InChI=1S/C33H31FN6O3/c1-22-17-25(38-32-27-19-24(35-20-30(27)36-21-37-32)11-12-40-13-15-42-16-14-40)9-10-31(22)43-26-6-4-5-23(18-26)33(41)39-29-8-3-2-7-28(29)34/h2-10,17-21H,11-16H2,1H3,(H,39,41)(H,36,37,38). The summed E-state index contributed by atoms with van der Waals surface area (Å²) in [7, 11) is 0. The second kappa shape index (κ2) is 12.9. The van der Waals surface area contributed by atoms with Crippen molar-refractivity contribution in [3.8, 4) is 11.5 Å². The Morgan fingerprint density at radius 2 is 1.86 bits per heavy atom. The maximum Gasteiger partial charge on any atom is 0.255 e. The number of aryl methyl sites for hydroxylation is 1. The molecular formula is C33H31FN6O3. The zero-order valence-electron chi connectivity index (χ0n) is 23.7. The van der Waals surface area contributed by atoms with Crippen LogP contribution < -0.4 is 15.4 Å². The summed E-state index contributed by atoms with van der Waals surface area (Å²) in [5.74, 6) is 0.900. The zero-order valence-corrected chi connectivity index (χ0v) is 23.7. The van der Waals surface area contributed by atoms with Crippen LogP contribution in [0, 0.1) is 12.7 Å². The summed E-state index contributed by atoms with van der Waals surface area (Å²) in [5.41, 5.74) is 3.96. The molecule has 0 bridgehead atoms. The average Bonchev–Trinajstić information content (AvgIpc) is 3.03. The van der Waals surface area contributed by atoms with E-state index in [2.05, 4.69) is 36.6 Å². The van der Waals surface area contributed by atoms with E-state index in [0.717, 1.165) is 67.1 Å². The van der Waals surface area contributed by atoms with Gasteiger partial charge in [0.15, 0.2) is 0 Å². The van der Waals surface area contributed by atoms with Crippen LogP contribution in [-0.4, -0.2) is 58.6 Å². The molecular weight excluding hydrogens is 547 g/mol. The van der Waals surface area contributed by atoms with E-state index < -0.39 is 11.7 Å². The van der Waals surface area contributed by atoms with E-state index >= 15 is 0 Å². The molecule has 2 N–H and O–H groups in total. The van der Waals surface area contributed by atoms with Gasteiger partial charge in [-0.1, -0.05) is 18.2 Å². The zero-order chi connectivity index (χ0) is 29.6. The Bertz CT molecular complexity index is 1760. The first-order chi connectivity index (χ1) is 21.0. The molecule has 6 rings (SSSR count). The van der Waals surface area contributed by atoms with Crippen molar-refractivity contribution in [3.05, 3.63) is 108 Å².